The number of rotatable bonds is 4. The van der Waals surface area contributed by atoms with Crippen molar-refractivity contribution in [3.8, 4) is 0 Å². The lowest BCUT2D eigenvalue weighted by atomic mass is 10.2. The van der Waals surface area contributed by atoms with Gasteiger partial charge in [-0.1, -0.05) is 15.9 Å². The molecule has 0 aliphatic heterocycles. The van der Waals surface area contributed by atoms with Crippen LogP contribution in [0.3, 0.4) is 0 Å². The molecule has 0 aliphatic carbocycles. The molecule has 0 aliphatic rings. The highest BCUT2D eigenvalue weighted by atomic mass is 79.9. The number of sulfonamides is 1. The maximum atomic E-state index is 12.8. The van der Waals surface area contributed by atoms with Crippen molar-refractivity contribution in [1.29, 1.82) is 0 Å². The number of benzene rings is 1. The third-order valence-electron chi connectivity index (χ3n) is 3.03. The van der Waals surface area contributed by atoms with Gasteiger partial charge in [-0.2, -0.15) is 4.31 Å². The van der Waals surface area contributed by atoms with E-state index in [1.807, 2.05) is 47.6 Å². The van der Waals surface area contributed by atoms with Gasteiger partial charge in [0, 0.05) is 16.6 Å². The van der Waals surface area contributed by atoms with E-state index >= 15 is 0 Å². The topological polar surface area (TPSA) is 37.4 Å². The molecule has 3 nitrogen and oxygen atoms in total. The molecule has 19 heavy (non-hydrogen) atoms. The molecule has 1 aromatic rings. The molecule has 0 N–H and O–H groups in total. The summed E-state index contributed by atoms with van der Waals surface area (Å²) in [5.41, 5.74) is 1.69. The molecule has 1 rings (SSSR count). The highest BCUT2D eigenvalue weighted by molar-refractivity contribution is 9.10. The number of nitrogens with zero attached hydrogens (tertiary/aromatic N) is 1. The van der Waals surface area contributed by atoms with Gasteiger partial charge in [0.2, 0.25) is 10.0 Å². The van der Waals surface area contributed by atoms with Crippen LogP contribution in [-0.4, -0.2) is 24.8 Å². The van der Waals surface area contributed by atoms with Crippen molar-refractivity contribution in [2.75, 3.05) is 0 Å². The van der Waals surface area contributed by atoms with Crippen LogP contribution in [0.25, 0.3) is 0 Å². The van der Waals surface area contributed by atoms with Gasteiger partial charge < -0.3 is 0 Å². The van der Waals surface area contributed by atoms with Gasteiger partial charge in [0.1, 0.15) is 0 Å². The van der Waals surface area contributed by atoms with E-state index in [4.69, 9.17) is 0 Å². The number of aryl methyl sites for hydroxylation is 2. The van der Waals surface area contributed by atoms with Crippen molar-refractivity contribution in [3.05, 3.63) is 27.7 Å². The fraction of sp³-hybridized carbons (Fsp3) is 0.571. The molecule has 108 valence electrons. The molecule has 0 heterocycles. The monoisotopic (exact) mass is 347 g/mol. The van der Waals surface area contributed by atoms with E-state index in [0.29, 0.717) is 4.90 Å². The normalized spacial score (nSPS) is 12.7. The van der Waals surface area contributed by atoms with Crippen molar-refractivity contribution in [3.63, 3.8) is 0 Å². The lowest BCUT2D eigenvalue weighted by Crippen LogP contribution is -2.42. The van der Waals surface area contributed by atoms with E-state index in [1.165, 1.54) is 0 Å². The predicted octanol–water partition coefficient (Wildman–Crippen LogP) is 3.87. The number of hydrogen-bond acceptors (Lipinski definition) is 2. The predicted molar refractivity (Wildman–Crippen MR) is 82.9 cm³/mol. The molecular formula is C14H22BrNO2S. The van der Waals surface area contributed by atoms with Crippen LogP contribution in [-0.2, 0) is 10.0 Å². The minimum atomic E-state index is -3.46. The Bertz CT molecular complexity index is 557. The van der Waals surface area contributed by atoms with Gasteiger partial charge in [0.15, 0.2) is 0 Å². The quantitative estimate of drug-likeness (QED) is 0.828. The van der Waals surface area contributed by atoms with Gasteiger partial charge in [-0.05, 0) is 64.8 Å². The van der Waals surface area contributed by atoms with Gasteiger partial charge >= 0.3 is 0 Å². The second-order valence-corrected chi connectivity index (χ2v) is 8.06. The highest BCUT2D eigenvalue weighted by Crippen LogP contribution is 2.28. The maximum Gasteiger partial charge on any atom is 0.243 e. The third-order valence-corrected chi connectivity index (χ3v) is 6.28. The first kappa shape index (κ1) is 16.7. The lowest BCUT2D eigenvalue weighted by molar-refractivity contribution is 0.302. The zero-order valence-electron chi connectivity index (χ0n) is 12.4. The summed E-state index contributed by atoms with van der Waals surface area (Å²) in [5.74, 6) is 0. The summed E-state index contributed by atoms with van der Waals surface area (Å²) in [6.45, 7) is 11.3. The molecule has 0 saturated carbocycles. The molecule has 0 amide bonds. The molecule has 0 unspecified atom stereocenters. The first-order valence-electron chi connectivity index (χ1n) is 6.39. The van der Waals surface area contributed by atoms with Crippen LogP contribution in [0, 0.1) is 13.8 Å². The van der Waals surface area contributed by atoms with Crippen LogP contribution in [0.4, 0.5) is 0 Å². The van der Waals surface area contributed by atoms with E-state index in [2.05, 4.69) is 15.9 Å². The first-order chi connectivity index (χ1) is 8.59. The summed E-state index contributed by atoms with van der Waals surface area (Å²) in [5, 5.41) is 0. The fourth-order valence-electron chi connectivity index (χ4n) is 2.30. The Balaban J connectivity index is 3.46. The van der Waals surface area contributed by atoms with Gasteiger partial charge in [-0.25, -0.2) is 8.42 Å². The fourth-order valence-corrected chi connectivity index (χ4v) is 4.88. The third kappa shape index (κ3) is 3.38. The van der Waals surface area contributed by atoms with Crippen LogP contribution in [0.5, 0.6) is 0 Å². The summed E-state index contributed by atoms with van der Waals surface area (Å²) >= 11 is 3.43. The Kier molecular flexibility index (Phi) is 5.21. The second kappa shape index (κ2) is 5.94. The van der Waals surface area contributed by atoms with Gasteiger partial charge in [0.05, 0.1) is 4.90 Å². The summed E-state index contributed by atoms with van der Waals surface area (Å²) < 4.78 is 28.1. The molecule has 1 aromatic carbocycles. The Labute approximate surface area is 125 Å². The Morgan fingerprint density at radius 1 is 1.00 bits per heavy atom. The largest absolute Gasteiger partial charge is 0.243 e. The average Bonchev–Trinajstić information content (AvgIpc) is 2.21. The molecule has 0 bridgehead atoms. The van der Waals surface area contributed by atoms with Crippen LogP contribution in [0.1, 0.15) is 38.8 Å². The smallest absolute Gasteiger partial charge is 0.207 e. The van der Waals surface area contributed by atoms with E-state index < -0.39 is 10.0 Å². The summed E-state index contributed by atoms with van der Waals surface area (Å²) in [6.07, 6.45) is 0. The zero-order valence-corrected chi connectivity index (χ0v) is 14.8. The molecule has 0 saturated heterocycles. The average molecular weight is 348 g/mol. The summed E-state index contributed by atoms with van der Waals surface area (Å²) in [6, 6.07) is 3.48. The first-order valence-corrected chi connectivity index (χ1v) is 8.62. The van der Waals surface area contributed by atoms with Crippen LogP contribution in [0.2, 0.25) is 0 Å². The van der Waals surface area contributed by atoms with Crippen molar-refractivity contribution in [1.82, 2.24) is 4.31 Å². The maximum absolute atomic E-state index is 12.8. The van der Waals surface area contributed by atoms with Crippen LogP contribution >= 0.6 is 15.9 Å². The second-order valence-electron chi connectivity index (χ2n) is 5.39. The van der Waals surface area contributed by atoms with Gasteiger partial charge in [-0.15, -0.1) is 0 Å². The van der Waals surface area contributed by atoms with Gasteiger partial charge in [0.25, 0.3) is 0 Å². The van der Waals surface area contributed by atoms with Crippen molar-refractivity contribution >= 4 is 26.0 Å². The summed E-state index contributed by atoms with van der Waals surface area (Å²) in [7, 11) is -3.46. The minimum absolute atomic E-state index is 0.0617. The van der Waals surface area contributed by atoms with Crippen LogP contribution < -0.4 is 0 Å². The number of hydrogen-bond donors (Lipinski definition) is 0. The van der Waals surface area contributed by atoms with E-state index in [-0.39, 0.29) is 12.1 Å². The number of halogens is 1. The van der Waals surface area contributed by atoms with Crippen molar-refractivity contribution < 1.29 is 8.42 Å². The van der Waals surface area contributed by atoms with Crippen molar-refractivity contribution in [2.24, 2.45) is 0 Å². The van der Waals surface area contributed by atoms with Crippen molar-refractivity contribution in [2.45, 2.75) is 58.5 Å². The summed E-state index contributed by atoms with van der Waals surface area (Å²) in [4.78, 5) is 0.399. The Morgan fingerprint density at radius 3 is 1.89 bits per heavy atom. The molecule has 0 radical (unpaired) electrons. The highest BCUT2D eigenvalue weighted by Gasteiger charge is 2.30. The van der Waals surface area contributed by atoms with Gasteiger partial charge in [-0.3, -0.25) is 0 Å². The van der Waals surface area contributed by atoms with Crippen LogP contribution in [0.15, 0.2) is 21.5 Å². The molecule has 0 atom stereocenters. The molecule has 5 heteroatoms. The lowest BCUT2D eigenvalue weighted by Gasteiger charge is -2.30. The Morgan fingerprint density at radius 2 is 1.47 bits per heavy atom. The molecule has 0 spiro atoms. The molecule has 0 aromatic heterocycles. The standard InChI is InChI=1S/C14H22BrNO2S/c1-9(2)16(10(3)4)19(17,18)14-8-11(5)13(15)7-12(14)6/h7-10H,1-6H3. The SMILES string of the molecule is Cc1cc(S(=O)(=O)N(C(C)C)C(C)C)c(C)cc1Br. The van der Waals surface area contributed by atoms with E-state index in [9.17, 15) is 8.42 Å². The minimum Gasteiger partial charge on any atom is -0.207 e. The van der Waals surface area contributed by atoms with E-state index in [1.54, 1.807) is 10.4 Å². The molecular weight excluding hydrogens is 326 g/mol. The molecule has 0 fully saturated rings. The van der Waals surface area contributed by atoms with E-state index in [0.717, 1.165) is 15.6 Å². The zero-order chi connectivity index (χ0) is 15.0. The Hall–Kier alpha value is -0.390.